The van der Waals surface area contributed by atoms with Crippen molar-refractivity contribution in [3.05, 3.63) is 59.9 Å². The van der Waals surface area contributed by atoms with Crippen LogP contribution in [-0.4, -0.2) is 20.9 Å². The fourth-order valence-corrected chi connectivity index (χ4v) is 2.55. The van der Waals surface area contributed by atoms with E-state index in [-0.39, 0.29) is 5.75 Å². The van der Waals surface area contributed by atoms with Crippen molar-refractivity contribution >= 4 is 15.9 Å². The Morgan fingerprint density at radius 3 is 2.46 bits per heavy atom. The number of hydrogen-bond donors (Lipinski definition) is 2. The second kappa shape index (κ2) is 7.32. The summed E-state index contributed by atoms with van der Waals surface area (Å²) in [5.41, 5.74) is 1.74. The number of sulfonamides is 1. The molecule has 0 saturated carbocycles. The van der Waals surface area contributed by atoms with Gasteiger partial charge in [0.1, 0.15) is 16.5 Å². The van der Waals surface area contributed by atoms with E-state index in [0.717, 1.165) is 12.1 Å². The molecule has 2 N–H and O–H groups in total. The van der Waals surface area contributed by atoms with E-state index >= 15 is 0 Å². The molecule has 0 fully saturated rings. The molecule has 0 unspecified atom stereocenters. The summed E-state index contributed by atoms with van der Waals surface area (Å²) in [5, 5.41) is 0. The molecule has 0 bridgehead atoms. The number of para-hydroxylation sites is 1. The summed E-state index contributed by atoms with van der Waals surface area (Å²) in [7, 11) is -4.53. The van der Waals surface area contributed by atoms with Crippen LogP contribution in [-0.2, 0) is 14.8 Å². The lowest BCUT2D eigenvalue weighted by atomic mass is 10.3. The van der Waals surface area contributed by atoms with Gasteiger partial charge in [-0.2, -0.15) is 0 Å². The minimum Gasteiger partial charge on any atom is -0.481 e. The Kier molecular flexibility index (Phi) is 5.42. The molecule has 2 aromatic carbocycles. The maximum Gasteiger partial charge on any atom is 0.272 e. The van der Waals surface area contributed by atoms with Crippen LogP contribution in [0.5, 0.6) is 5.75 Å². The fourth-order valence-electron chi connectivity index (χ4n) is 1.60. The summed E-state index contributed by atoms with van der Waals surface area (Å²) in [6.07, 6.45) is 0. The zero-order valence-corrected chi connectivity index (χ0v) is 12.7. The van der Waals surface area contributed by atoms with E-state index in [1.54, 1.807) is 10.3 Å². The van der Waals surface area contributed by atoms with Crippen LogP contribution in [0.2, 0.25) is 0 Å². The van der Waals surface area contributed by atoms with Crippen LogP contribution in [0.3, 0.4) is 0 Å². The summed E-state index contributed by atoms with van der Waals surface area (Å²) in [6, 6.07) is 7.12. The smallest absolute Gasteiger partial charge is 0.272 e. The summed E-state index contributed by atoms with van der Waals surface area (Å²) in [6.45, 7) is -0.699. The molecular weight excluding hydrogens is 349 g/mol. The number of nitrogens with one attached hydrogen (secondary N) is 2. The lowest BCUT2D eigenvalue weighted by Gasteiger charge is -2.10. The summed E-state index contributed by atoms with van der Waals surface area (Å²) in [5.74, 6) is -4.04. The van der Waals surface area contributed by atoms with Crippen LogP contribution in [0.1, 0.15) is 0 Å². The van der Waals surface area contributed by atoms with E-state index in [1.165, 1.54) is 18.2 Å². The molecule has 2 rings (SSSR count). The molecule has 0 saturated heterocycles. The first-order valence-electron chi connectivity index (χ1n) is 6.42. The Bertz CT molecular complexity index is 859. The molecule has 0 aliphatic carbocycles. The molecule has 6 nitrogen and oxygen atoms in total. The van der Waals surface area contributed by atoms with Crippen molar-refractivity contribution in [3.63, 3.8) is 0 Å². The Morgan fingerprint density at radius 2 is 1.75 bits per heavy atom. The van der Waals surface area contributed by atoms with Gasteiger partial charge in [-0.25, -0.2) is 21.6 Å². The SMILES string of the molecule is O=C(COc1ccccc1F)NNS(=O)(=O)c1cc(F)ccc1F. The van der Waals surface area contributed by atoms with Crippen molar-refractivity contribution in [1.29, 1.82) is 0 Å². The number of ether oxygens (including phenoxy) is 1. The van der Waals surface area contributed by atoms with E-state index in [2.05, 4.69) is 0 Å². The zero-order chi connectivity index (χ0) is 17.7. The van der Waals surface area contributed by atoms with Crippen molar-refractivity contribution in [2.24, 2.45) is 0 Å². The van der Waals surface area contributed by atoms with Gasteiger partial charge in [-0.1, -0.05) is 12.1 Å². The molecule has 2 aromatic rings. The predicted molar refractivity (Wildman–Crippen MR) is 76.7 cm³/mol. The lowest BCUT2D eigenvalue weighted by molar-refractivity contribution is -0.123. The van der Waals surface area contributed by atoms with Crippen LogP contribution < -0.4 is 15.0 Å². The summed E-state index contributed by atoms with van der Waals surface area (Å²) in [4.78, 5) is 12.1. The normalized spacial score (nSPS) is 11.1. The molecule has 0 atom stereocenters. The maximum absolute atomic E-state index is 13.4. The van der Waals surface area contributed by atoms with Gasteiger partial charge < -0.3 is 4.74 Å². The average molecular weight is 360 g/mol. The molecule has 10 heteroatoms. The molecule has 0 radical (unpaired) electrons. The van der Waals surface area contributed by atoms with Gasteiger partial charge in [0, 0.05) is 0 Å². The molecule has 0 aromatic heterocycles. The van der Waals surface area contributed by atoms with Gasteiger partial charge in [0.25, 0.3) is 15.9 Å². The number of benzene rings is 2. The highest BCUT2D eigenvalue weighted by Crippen LogP contribution is 2.16. The number of amides is 1. The average Bonchev–Trinajstić information content (AvgIpc) is 2.54. The van der Waals surface area contributed by atoms with Gasteiger partial charge in [0.05, 0.1) is 0 Å². The fraction of sp³-hybridized carbons (Fsp3) is 0.0714. The van der Waals surface area contributed by atoms with Gasteiger partial charge >= 0.3 is 0 Å². The zero-order valence-electron chi connectivity index (χ0n) is 11.9. The maximum atomic E-state index is 13.4. The van der Waals surface area contributed by atoms with E-state index in [0.29, 0.717) is 12.1 Å². The first kappa shape index (κ1) is 17.8. The topological polar surface area (TPSA) is 84.5 Å². The highest BCUT2D eigenvalue weighted by atomic mass is 32.2. The van der Waals surface area contributed by atoms with E-state index < -0.39 is 44.9 Å². The summed E-state index contributed by atoms with van der Waals surface area (Å²) >= 11 is 0. The van der Waals surface area contributed by atoms with Crippen molar-refractivity contribution < 1.29 is 31.1 Å². The van der Waals surface area contributed by atoms with Gasteiger partial charge in [-0.3, -0.25) is 10.2 Å². The Hall–Kier alpha value is -2.59. The standard InChI is InChI=1S/C14H11F3N2O4S/c15-9-5-6-11(17)13(7-9)24(21,22)19-18-14(20)8-23-12-4-2-1-3-10(12)16/h1-7,19H,8H2,(H,18,20). The van der Waals surface area contributed by atoms with Crippen LogP contribution in [0, 0.1) is 17.5 Å². The minimum absolute atomic E-state index is 0.202. The van der Waals surface area contributed by atoms with Gasteiger partial charge in [0.2, 0.25) is 0 Å². The van der Waals surface area contributed by atoms with Gasteiger partial charge in [-0.05, 0) is 30.3 Å². The Morgan fingerprint density at radius 1 is 1.04 bits per heavy atom. The third-order valence-corrected chi connectivity index (χ3v) is 3.97. The first-order valence-corrected chi connectivity index (χ1v) is 7.91. The highest BCUT2D eigenvalue weighted by molar-refractivity contribution is 7.89. The minimum atomic E-state index is -4.53. The third kappa shape index (κ3) is 4.46. The predicted octanol–water partition coefficient (Wildman–Crippen LogP) is 1.49. The Balaban J connectivity index is 1.95. The second-order valence-electron chi connectivity index (χ2n) is 4.45. The van der Waals surface area contributed by atoms with Crippen molar-refractivity contribution in [1.82, 2.24) is 10.3 Å². The van der Waals surface area contributed by atoms with Crippen molar-refractivity contribution in [2.75, 3.05) is 6.61 Å². The molecule has 24 heavy (non-hydrogen) atoms. The lowest BCUT2D eigenvalue weighted by Crippen LogP contribution is -2.44. The first-order chi connectivity index (χ1) is 11.3. The van der Waals surface area contributed by atoms with Gasteiger partial charge in [0.15, 0.2) is 18.2 Å². The molecule has 0 aliphatic rings. The molecule has 0 aliphatic heterocycles. The number of hydrazine groups is 1. The van der Waals surface area contributed by atoms with E-state index in [9.17, 15) is 26.4 Å². The quantitative estimate of drug-likeness (QED) is 0.765. The van der Waals surface area contributed by atoms with Gasteiger partial charge in [-0.15, -0.1) is 4.83 Å². The van der Waals surface area contributed by atoms with Crippen LogP contribution in [0.4, 0.5) is 13.2 Å². The largest absolute Gasteiger partial charge is 0.481 e. The molecule has 1 amide bonds. The number of hydrogen-bond acceptors (Lipinski definition) is 4. The Labute approximate surface area is 135 Å². The highest BCUT2D eigenvalue weighted by Gasteiger charge is 2.20. The van der Waals surface area contributed by atoms with E-state index in [4.69, 9.17) is 4.74 Å². The third-order valence-electron chi connectivity index (χ3n) is 2.70. The van der Waals surface area contributed by atoms with Crippen molar-refractivity contribution in [2.45, 2.75) is 4.90 Å². The van der Waals surface area contributed by atoms with Crippen LogP contribution >= 0.6 is 0 Å². The second-order valence-corrected chi connectivity index (χ2v) is 6.10. The molecule has 0 spiro atoms. The van der Waals surface area contributed by atoms with Crippen LogP contribution in [0.15, 0.2) is 47.4 Å². The number of carbonyl (C=O) groups excluding carboxylic acids is 1. The molecular formula is C14H11F3N2O4S. The molecule has 0 heterocycles. The number of rotatable bonds is 6. The number of halogens is 3. The summed E-state index contributed by atoms with van der Waals surface area (Å²) < 4.78 is 68.2. The van der Waals surface area contributed by atoms with Crippen molar-refractivity contribution in [3.8, 4) is 5.75 Å². The monoisotopic (exact) mass is 360 g/mol. The molecule has 128 valence electrons. The van der Waals surface area contributed by atoms with Crippen LogP contribution in [0.25, 0.3) is 0 Å². The van der Waals surface area contributed by atoms with E-state index in [1.807, 2.05) is 0 Å². The number of carbonyl (C=O) groups is 1.